The largest absolute Gasteiger partial charge is 0.513 e. The average Bonchev–Trinajstić information content (AvgIpc) is 2.62. The Morgan fingerprint density at radius 1 is 1.11 bits per heavy atom. The van der Waals surface area contributed by atoms with Gasteiger partial charge >= 0.3 is 13.7 Å². The molecule has 0 heterocycles. The maximum atomic E-state index is 13.2. The SMILES string of the molecule is CCOC(=O)[C@H](C)NP(=O)(Oc1ccccc1)Oc1ccc([N+](=O)[O-])cc1. The van der Waals surface area contributed by atoms with Crippen molar-refractivity contribution < 1.29 is 28.1 Å². The first-order valence-electron chi connectivity index (χ1n) is 8.06. The molecule has 0 aromatic heterocycles. The number of nitro groups is 1. The number of nitrogens with one attached hydrogen (secondary N) is 1. The molecule has 10 heteroatoms. The number of rotatable bonds is 9. The second-order valence-corrected chi connectivity index (χ2v) is 6.97. The van der Waals surface area contributed by atoms with E-state index in [4.69, 9.17) is 13.8 Å². The van der Waals surface area contributed by atoms with Gasteiger partial charge in [0.05, 0.1) is 11.5 Å². The zero-order valence-corrected chi connectivity index (χ0v) is 15.6. The molecule has 27 heavy (non-hydrogen) atoms. The lowest BCUT2D eigenvalue weighted by atomic mass is 10.3. The molecule has 1 unspecified atom stereocenters. The first-order chi connectivity index (χ1) is 12.8. The lowest BCUT2D eigenvalue weighted by Crippen LogP contribution is -2.35. The van der Waals surface area contributed by atoms with Crippen LogP contribution in [0, 0.1) is 10.1 Å². The van der Waals surface area contributed by atoms with E-state index >= 15 is 0 Å². The zero-order valence-electron chi connectivity index (χ0n) is 14.7. The van der Waals surface area contributed by atoms with E-state index in [9.17, 15) is 19.5 Å². The molecule has 144 valence electrons. The van der Waals surface area contributed by atoms with Crippen molar-refractivity contribution in [1.29, 1.82) is 0 Å². The quantitative estimate of drug-likeness (QED) is 0.296. The highest BCUT2D eigenvalue weighted by Gasteiger charge is 2.33. The van der Waals surface area contributed by atoms with Gasteiger partial charge in [0.2, 0.25) is 0 Å². The maximum Gasteiger partial charge on any atom is 0.513 e. The summed E-state index contributed by atoms with van der Waals surface area (Å²) in [4.78, 5) is 22.0. The third-order valence-corrected chi connectivity index (χ3v) is 4.84. The summed E-state index contributed by atoms with van der Waals surface area (Å²) in [6.45, 7) is 3.27. The van der Waals surface area contributed by atoms with Crippen LogP contribution in [0.1, 0.15) is 13.8 Å². The van der Waals surface area contributed by atoms with Crippen LogP contribution >= 0.6 is 7.75 Å². The summed E-state index contributed by atoms with van der Waals surface area (Å²) < 4.78 is 29.0. The number of esters is 1. The molecule has 9 nitrogen and oxygen atoms in total. The molecule has 0 bridgehead atoms. The molecule has 0 radical (unpaired) electrons. The fourth-order valence-corrected chi connectivity index (χ4v) is 3.54. The number of para-hydroxylation sites is 1. The van der Waals surface area contributed by atoms with Crippen LogP contribution in [0.4, 0.5) is 5.69 Å². The van der Waals surface area contributed by atoms with Gasteiger partial charge in [-0.2, -0.15) is 5.09 Å². The number of nitrogens with zero attached hydrogens (tertiary/aromatic N) is 1. The highest BCUT2D eigenvalue weighted by atomic mass is 31.2. The molecular weight excluding hydrogens is 375 g/mol. The molecule has 0 aliphatic carbocycles. The fourth-order valence-electron chi connectivity index (χ4n) is 2.02. The van der Waals surface area contributed by atoms with Gasteiger partial charge in [-0.05, 0) is 38.1 Å². The minimum Gasteiger partial charge on any atom is -0.465 e. The predicted octanol–water partition coefficient (Wildman–Crippen LogP) is 3.70. The van der Waals surface area contributed by atoms with Gasteiger partial charge in [0, 0.05) is 12.1 Å². The van der Waals surface area contributed by atoms with Gasteiger partial charge in [0.25, 0.3) is 5.69 Å². The first kappa shape index (κ1) is 20.4. The minimum absolute atomic E-state index is 0.0726. The molecule has 2 aromatic carbocycles. The Bertz CT molecular complexity index is 827. The third-order valence-electron chi connectivity index (χ3n) is 3.23. The van der Waals surface area contributed by atoms with Crippen LogP contribution in [0.2, 0.25) is 0 Å². The van der Waals surface area contributed by atoms with Crippen LogP contribution in [-0.4, -0.2) is 23.5 Å². The zero-order chi connectivity index (χ0) is 19.9. The fraction of sp³-hybridized carbons (Fsp3) is 0.235. The lowest BCUT2D eigenvalue weighted by molar-refractivity contribution is -0.384. The first-order valence-corrected chi connectivity index (χ1v) is 9.60. The molecule has 2 aromatic rings. The number of non-ortho nitro benzene ring substituents is 1. The second-order valence-electron chi connectivity index (χ2n) is 5.35. The van der Waals surface area contributed by atoms with Crippen molar-refractivity contribution in [2.24, 2.45) is 0 Å². The Balaban J connectivity index is 2.23. The van der Waals surface area contributed by atoms with Crippen LogP contribution in [0.15, 0.2) is 54.6 Å². The van der Waals surface area contributed by atoms with Crippen molar-refractivity contribution in [2.45, 2.75) is 19.9 Å². The molecule has 0 amide bonds. The second kappa shape index (κ2) is 9.16. The number of nitro benzene ring substituents is 1. The van der Waals surface area contributed by atoms with Crippen molar-refractivity contribution in [3.63, 3.8) is 0 Å². The van der Waals surface area contributed by atoms with Gasteiger partial charge < -0.3 is 13.8 Å². The van der Waals surface area contributed by atoms with Crippen LogP contribution < -0.4 is 14.1 Å². The van der Waals surface area contributed by atoms with E-state index in [2.05, 4.69) is 5.09 Å². The number of carbonyl (C=O) groups is 1. The van der Waals surface area contributed by atoms with E-state index in [1.807, 2.05) is 0 Å². The van der Waals surface area contributed by atoms with E-state index in [1.54, 1.807) is 37.3 Å². The average molecular weight is 394 g/mol. The summed E-state index contributed by atoms with van der Waals surface area (Å²) >= 11 is 0. The highest BCUT2D eigenvalue weighted by molar-refractivity contribution is 7.52. The number of hydrogen-bond donors (Lipinski definition) is 1. The summed E-state index contributed by atoms with van der Waals surface area (Å²) in [5, 5.41) is 13.3. The van der Waals surface area contributed by atoms with Crippen molar-refractivity contribution in [3.8, 4) is 11.5 Å². The van der Waals surface area contributed by atoms with E-state index < -0.39 is 24.7 Å². The standard InChI is InChI=1S/C17H19N2O7P/c1-3-24-17(20)13(2)18-27(23,25-15-7-5-4-6-8-15)26-16-11-9-14(10-12-16)19(21)22/h4-13H,3H2,1-2H3,(H,18,23)/t13-,27?/m0/s1. The minimum atomic E-state index is -4.06. The van der Waals surface area contributed by atoms with Gasteiger partial charge in [0.15, 0.2) is 0 Å². The van der Waals surface area contributed by atoms with Crippen molar-refractivity contribution >= 4 is 19.4 Å². The Labute approximate surface area is 156 Å². The molecule has 2 rings (SSSR count). The van der Waals surface area contributed by atoms with Crippen molar-refractivity contribution in [1.82, 2.24) is 5.09 Å². The Kier molecular flexibility index (Phi) is 6.92. The Morgan fingerprint density at radius 3 is 2.19 bits per heavy atom. The summed E-state index contributed by atoms with van der Waals surface area (Å²) in [6, 6.07) is 12.3. The van der Waals surface area contributed by atoms with Crippen LogP contribution in [0.5, 0.6) is 11.5 Å². The molecular formula is C17H19N2O7P. The highest BCUT2D eigenvalue weighted by Crippen LogP contribution is 2.45. The molecule has 0 aliphatic heterocycles. The lowest BCUT2D eigenvalue weighted by Gasteiger charge is -2.23. The van der Waals surface area contributed by atoms with Crippen LogP contribution in [0.25, 0.3) is 0 Å². The number of ether oxygens (including phenoxy) is 1. The smallest absolute Gasteiger partial charge is 0.465 e. The summed E-state index contributed by atoms with van der Waals surface area (Å²) in [5.74, 6) is -0.295. The maximum absolute atomic E-state index is 13.2. The van der Waals surface area contributed by atoms with Crippen molar-refractivity contribution in [3.05, 3.63) is 64.7 Å². The molecule has 2 atom stereocenters. The molecule has 0 fully saturated rings. The van der Waals surface area contributed by atoms with E-state index in [1.165, 1.54) is 31.2 Å². The van der Waals surface area contributed by atoms with E-state index in [0.717, 1.165) is 0 Å². The van der Waals surface area contributed by atoms with Gasteiger partial charge in [-0.3, -0.25) is 14.9 Å². The van der Waals surface area contributed by atoms with Gasteiger partial charge in [-0.1, -0.05) is 18.2 Å². The van der Waals surface area contributed by atoms with Gasteiger partial charge in [-0.25, -0.2) is 4.57 Å². The van der Waals surface area contributed by atoms with Crippen molar-refractivity contribution in [2.75, 3.05) is 6.61 Å². The Morgan fingerprint density at radius 2 is 1.67 bits per heavy atom. The number of hydrogen-bond acceptors (Lipinski definition) is 7. The normalized spacial score (nSPS) is 13.9. The van der Waals surface area contributed by atoms with E-state index in [0.29, 0.717) is 0 Å². The molecule has 0 saturated heterocycles. The summed E-state index contributed by atoms with van der Waals surface area (Å²) in [6.07, 6.45) is 0. The molecule has 0 aliphatic rings. The van der Waals surface area contributed by atoms with Gasteiger partial charge in [0.1, 0.15) is 17.5 Å². The van der Waals surface area contributed by atoms with Gasteiger partial charge in [-0.15, -0.1) is 0 Å². The molecule has 0 spiro atoms. The Hall–Kier alpha value is -2.90. The molecule has 1 N–H and O–H groups in total. The predicted molar refractivity (Wildman–Crippen MR) is 97.6 cm³/mol. The summed E-state index contributed by atoms with van der Waals surface area (Å²) in [5.41, 5.74) is -0.144. The van der Waals surface area contributed by atoms with Crippen LogP contribution in [0.3, 0.4) is 0 Å². The third kappa shape index (κ3) is 6.09. The molecule has 0 saturated carbocycles. The summed E-state index contributed by atoms with van der Waals surface area (Å²) in [7, 11) is -4.06. The van der Waals surface area contributed by atoms with Crippen LogP contribution in [-0.2, 0) is 14.1 Å². The number of benzene rings is 2. The topological polar surface area (TPSA) is 117 Å². The monoisotopic (exact) mass is 394 g/mol. The van der Waals surface area contributed by atoms with E-state index in [-0.39, 0.29) is 23.8 Å². The number of carbonyl (C=O) groups excluding carboxylic acids is 1.